The van der Waals surface area contributed by atoms with Gasteiger partial charge in [0, 0.05) is 13.1 Å². The fraction of sp³-hybridized carbons (Fsp3) is 0.286. The lowest BCUT2D eigenvalue weighted by Gasteiger charge is -2.15. The highest BCUT2D eigenvalue weighted by atomic mass is 32.2. The second kappa shape index (κ2) is 10.5. The van der Waals surface area contributed by atoms with E-state index in [0.29, 0.717) is 22.5 Å². The first-order valence-corrected chi connectivity index (χ1v) is 10.6. The normalized spacial score (nSPS) is 12.2. The summed E-state index contributed by atoms with van der Waals surface area (Å²) in [5, 5.41) is 11.1. The standard InChI is InChI=1S/C21H21F3N4O4S/c1-13(31-15-8-6-7-14(11-15)30-3)19-26-27-20(28(19)2)33-12-18(29)25-16-9-4-5-10-17(16)32-21(22,23)24/h4-11,13H,12H2,1-3H3,(H,25,29). The van der Waals surface area contributed by atoms with Crippen LogP contribution in [0.25, 0.3) is 0 Å². The summed E-state index contributed by atoms with van der Waals surface area (Å²) in [5.41, 5.74) is -0.0839. The third-order valence-corrected chi connectivity index (χ3v) is 5.33. The number of nitrogens with zero attached hydrogens (tertiary/aromatic N) is 3. The van der Waals surface area contributed by atoms with Crippen molar-refractivity contribution in [3.8, 4) is 17.2 Å². The number of ether oxygens (including phenoxy) is 3. The van der Waals surface area contributed by atoms with Crippen LogP contribution in [0.15, 0.2) is 53.7 Å². The maximum absolute atomic E-state index is 12.5. The number of hydrogen-bond acceptors (Lipinski definition) is 7. The zero-order chi connectivity index (χ0) is 24.0. The van der Waals surface area contributed by atoms with Gasteiger partial charge in [-0.05, 0) is 31.2 Å². The third-order valence-electron chi connectivity index (χ3n) is 4.31. The Kier molecular flexibility index (Phi) is 7.69. The highest BCUT2D eigenvalue weighted by molar-refractivity contribution is 7.99. The average molecular weight is 482 g/mol. The first-order chi connectivity index (χ1) is 15.7. The van der Waals surface area contributed by atoms with Crippen molar-refractivity contribution in [2.24, 2.45) is 7.05 Å². The van der Waals surface area contributed by atoms with Crippen LogP contribution in [0.5, 0.6) is 17.2 Å². The largest absolute Gasteiger partial charge is 0.573 e. The fourth-order valence-electron chi connectivity index (χ4n) is 2.84. The van der Waals surface area contributed by atoms with Crippen LogP contribution in [0.2, 0.25) is 0 Å². The molecule has 2 aromatic carbocycles. The number of benzene rings is 2. The van der Waals surface area contributed by atoms with E-state index in [1.165, 1.54) is 18.2 Å². The van der Waals surface area contributed by atoms with Crippen LogP contribution >= 0.6 is 11.8 Å². The van der Waals surface area contributed by atoms with Crippen molar-refractivity contribution >= 4 is 23.4 Å². The zero-order valence-electron chi connectivity index (χ0n) is 17.9. The molecule has 0 aliphatic heterocycles. The zero-order valence-corrected chi connectivity index (χ0v) is 18.7. The highest BCUT2D eigenvalue weighted by Gasteiger charge is 2.32. The lowest BCUT2D eigenvalue weighted by molar-refractivity contribution is -0.274. The molecule has 0 fully saturated rings. The Morgan fingerprint density at radius 1 is 1.15 bits per heavy atom. The van der Waals surface area contributed by atoms with Gasteiger partial charge in [0.1, 0.15) is 11.5 Å². The van der Waals surface area contributed by atoms with Crippen LogP contribution in [-0.4, -0.2) is 39.9 Å². The average Bonchev–Trinajstić information content (AvgIpc) is 3.13. The molecule has 0 saturated carbocycles. The molecule has 12 heteroatoms. The number of halogens is 3. The van der Waals surface area contributed by atoms with E-state index < -0.39 is 24.1 Å². The third kappa shape index (κ3) is 6.78. The molecular weight excluding hydrogens is 461 g/mol. The van der Waals surface area contributed by atoms with E-state index in [-0.39, 0.29) is 11.4 Å². The number of thioether (sulfide) groups is 1. The molecule has 0 radical (unpaired) electrons. The summed E-state index contributed by atoms with van der Waals surface area (Å²) in [6.45, 7) is 1.81. The Hall–Kier alpha value is -3.41. The molecule has 0 aliphatic rings. The molecule has 1 amide bonds. The molecule has 3 rings (SSSR count). The van der Waals surface area contributed by atoms with Crippen LogP contribution in [0, 0.1) is 0 Å². The molecule has 1 unspecified atom stereocenters. The van der Waals surface area contributed by atoms with Gasteiger partial charge in [0.15, 0.2) is 22.8 Å². The molecule has 1 aromatic heterocycles. The number of hydrogen-bond donors (Lipinski definition) is 1. The van der Waals surface area contributed by atoms with Gasteiger partial charge in [-0.1, -0.05) is 30.0 Å². The molecule has 1 heterocycles. The second-order valence-electron chi connectivity index (χ2n) is 6.72. The second-order valence-corrected chi connectivity index (χ2v) is 7.66. The molecular formula is C21H21F3N4O4S. The molecule has 1 N–H and O–H groups in total. The van der Waals surface area contributed by atoms with Crippen LogP contribution in [0.4, 0.5) is 18.9 Å². The van der Waals surface area contributed by atoms with Gasteiger partial charge >= 0.3 is 6.36 Å². The van der Waals surface area contributed by atoms with Gasteiger partial charge in [0.05, 0.1) is 18.6 Å². The first kappa shape index (κ1) is 24.2. The molecule has 3 aromatic rings. The maximum atomic E-state index is 12.5. The van der Waals surface area contributed by atoms with E-state index >= 15 is 0 Å². The van der Waals surface area contributed by atoms with Crippen molar-refractivity contribution in [2.75, 3.05) is 18.2 Å². The minimum atomic E-state index is -4.87. The summed E-state index contributed by atoms with van der Waals surface area (Å²) < 4.78 is 54.3. The Morgan fingerprint density at radius 2 is 1.88 bits per heavy atom. The number of alkyl halides is 3. The maximum Gasteiger partial charge on any atom is 0.573 e. The summed E-state index contributed by atoms with van der Waals surface area (Å²) in [7, 11) is 3.29. The number of para-hydroxylation sites is 2. The Balaban J connectivity index is 1.60. The van der Waals surface area contributed by atoms with Crippen molar-refractivity contribution in [3.63, 3.8) is 0 Å². The van der Waals surface area contributed by atoms with E-state index in [4.69, 9.17) is 9.47 Å². The van der Waals surface area contributed by atoms with Gasteiger partial charge in [0.25, 0.3) is 0 Å². The van der Waals surface area contributed by atoms with E-state index in [1.54, 1.807) is 43.0 Å². The Labute approximate surface area is 192 Å². The lowest BCUT2D eigenvalue weighted by atomic mass is 10.3. The van der Waals surface area contributed by atoms with Crippen molar-refractivity contribution < 1.29 is 32.2 Å². The molecule has 0 bridgehead atoms. The van der Waals surface area contributed by atoms with Crippen molar-refractivity contribution in [1.82, 2.24) is 14.8 Å². The lowest BCUT2D eigenvalue weighted by Crippen LogP contribution is -2.20. The molecule has 0 saturated heterocycles. The van der Waals surface area contributed by atoms with Crippen LogP contribution in [-0.2, 0) is 11.8 Å². The van der Waals surface area contributed by atoms with Crippen molar-refractivity contribution in [2.45, 2.75) is 24.5 Å². The number of anilines is 1. The van der Waals surface area contributed by atoms with E-state index in [2.05, 4.69) is 20.3 Å². The van der Waals surface area contributed by atoms with E-state index in [0.717, 1.165) is 17.8 Å². The van der Waals surface area contributed by atoms with Crippen LogP contribution in [0.3, 0.4) is 0 Å². The topological polar surface area (TPSA) is 87.5 Å². The number of nitrogens with one attached hydrogen (secondary N) is 1. The van der Waals surface area contributed by atoms with Gasteiger partial charge < -0.3 is 24.1 Å². The SMILES string of the molecule is COc1cccc(OC(C)c2nnc(SCC(=O)Nc3ccccc3OC(F)(F)F)n2C)c1. The number of carbonyl (C=O) groups is 1. The Bertz CT molecular complexity index is 1110. The molecule has 33 heavy (non-hydrogen) atoms. The van der Waals surface area contributed by atoms with Gasteiger partial charge in [-0.25, -0.2) is 0 Å². The summed E-state index contributed by atoms with van der Waals surface area (Å²) in [5.74, 6) is 0.665. The molecule has 1 atom stereocenters. The van der Waals surface area contributed by atoms with Gasteiger partial charge in [-0.3, -0.25) is 4.79 Å². The number of methoxy groups -OCH3 is 1. The number of amides is 1. The van der Waals surface area contributed by atoms with Gasteiger partial charge in [0.2, 0.25) is 5.91 Å². The van der Waals surface area contributed by atoms with E-state index in [1.807, 2.05) is 6.92 Å². The molecule has 0 aliphatic carbocycles. The van der Waals surface area contributed by atoms with E-state index in [9.17, 15) is 18.0 Å². The minimum absolute atomic E-state index is 0.0839. The van der Waals surface area contributed by atoms with Crippen molar-refractivity contribution in [1.29, 1.82) is 0 Å². The number of carbonyl (C=O) groups excluding carboxylic acids is 1. The number of aromatic nitrogens is 3. The summed E-state index contributed by atoms with van der Waals surface area (Å²) in [6.07, 6.45) is -5.31. The summed E-state index contributed by atoms with van der Waals surface area (Å²) in [6, 6.07) is 12.4. The highest BCUT2D eigenvalue weighted by Crippen LogP contribution is 2.30. The van der Waals surface area contributed by atoms with Gasteiger partial charge in [-0.2, -0.15) is 0 Å². The molecule has 176 valence electrons. The number of rotatable bonds is 9. The van der Waals surface area contributed by atoms with Crippen LogP contribution < -0.4 is 19.5 Å². The molecule has 0 spiro atoms. The smallest absolute Gasteiger partial charge is 0.497 e. The summed E-state index contributed by atoms with van der Waals surface area (Å²) >= 11 is 1.08. The van der Waals surface area contributed by atoms with Crippen molar-refractivity contribution in [3.05, 3.63) is 54.4 Å². The fourth-order valence-corrected chi connectivity index (χ4v) is 3.56. The predicted molar refractivity (Wildman–Crippen MR) is 116 cm³/mol. The van der Waals surface area contributed by atoms with Gasteiger partial charge in [-0.15, -0.1) is 23.4 Å². The summed E-state index contributed by atoms with van der Waals surface area (Å²) in [4.78, 5) is 12.3. The predicted octanol–water partition coefficient (Wildman–Crippen LogP) is 4.59. The monoisotopic (exact) mass is 482 g/mol. The first-order valence-electron chi connectivity index (χ1n) is 9.63. The quantitative estimate of drug-likeness (QED) is 0.446. The van der Waals surface area contributed by atoms with Crippen LogP contribution in [0.1, 0.15) is 18.9 Å². The minimum Gasteiger partial charge on any atom is -0.497 e. The molecule has 8 nitrogen and oxygen atoms in total. The Morgan fingerprint density at radius 3 is 2.61 bits per heavy atom.